The summed E-state index contributed by atoms with van der Waals surface area (Å²) >= 11 is 5.90. The smallest absolute Gasteiger partial charge is 0.227 e. The van der Waals surface area contributed by atoms with E-state index in [-0.39, 0.29) is 11.8 Å². The Morgan fingerprint density at radius 3 is 2.59 bits per heavy atom. The molecule has 2 aromatic heterocycles. The van der Waals surface area contributed by atoms with Gasteiger partial charge in [-0.1, -0.05) is 18.5 Å². The second-order valence-electron chi connectivity index (χ2n) is 7.37. The fourth-order valence-electron chi connectivity index (χ4n) is 4.08. The molecule has 1 amide bonds. The van der Waals surface area contributed by atoms with Crippen molar-refractivity contribution in [1.29, 1.82) is 0 Å². The molecule has 0 radical (unpaired) electrons. The lowest BCUT2D eigenvalue weighted by Crippen LogP contribution is -2.29. The van der Waals surface area contributed by atoms with Gasteiger partial charge < -0.3 is 5.32 Å². The van der Waals surface area contributed by atoms with E-state index in [9.17, 15) is 4.79 Å². The van der Waals surface area contributed by atoms with E-state index in [1.54, 1.807) is 18.3 Å². The van der Waals surface area contributed by atoms with Crippen molar-refractivity contribution in [3.63, 3.8) is 0 Å². The molecule has 1 aromatic carbocycles. The van der Waals surface area contributed by atoms with E-state index in [1.165, 1.54) is 5.69 Å². The fraction of sp³-hybridized carbons (Fsp3) is 0.381. The van der Waals surface area contributed by atoms with Crippen LogP contribution in [0.25, 0.3) is 5.65 Å². The number of halogens is 1. The standard InChI is InChI=1S/C21H23ClN4O/c1-14(21(27)25-18-8-6-17(22)7-9-18)15-2-4-16(5-3-15)19-10-12-23-20-11-13-24-26(19)20/h6-16H,2-5H2,1H3,(H,25,27). The summed E-state index contributed by atoms with van der Waals surface area (Å²) in [5, 5.41) is 8.09. The number of anilines is 1. The van der Waals surface area contributed by atoms with Crippen LogP contribution in [0, 0.1) is 11.8 Å². The monoisotopic (exact) mass is 382 g/mol. The first-order chi connectivity index (χ1) is 13.1. The molecular formula is C21H23ClN4O. The van der Waals surface area contributed by atoms with Crippen LogP contribution in [0.3, 0.4) is 0 Å². The number of nitrogens with zero attached hydrogens (tertiary/aromatic N) is 3. The summed E-state index contributed by atoms with van der Waals surface area (Å²) in [4.78, 5) is 17.0. The molecule has 0 aliphatic heterocycles. The van der Waals surface area contributed by atoms with Crippen LogP contribution >= 0.6 is 11.6 Å². The van der Waals surface area contributed by atoms with Crippen LogP contribution < -0.4 is 5.32 Å². The molecule has 4 rings (SSSR count). The summed E-state index contributed by atoms with van der Waals surface area (Å²) in [7, 11) is 0. The zero-order chi connectivity index (χ0) is 18.8. The Kier molecular flexibility index (Phi) is 5.12. The van der Waals surface area contributed by atoms with Crippen molar-refractivity contribution < 1.29 is 4.79 Å². The van der Waals surface area contributed by atoms with Crippen LogP contribution in [-0.2, 0) is 4.79 Å². The van der Waals surface area contributed by atoms with E-state index in [1.807, 2.05) is 35.8 Å². The molecule has 1 aliphatic carbocycles. The maximum absolute atomic E-state index is 12.6. The van der Waals surface area contributed by atoms with Gasteiger partial charge in [-0.3, -0.25) is 4.79 Å². The van der Waals surface area contributed by atoms with Gasteiger partial charge in [0.1, 0.15) is 0 Å². The topological polar surface area (TPSA) is 59.3 Å². The molecule has 5 nitrogen and oxygen atoms in total. The van der Waals surface area contributed by atoms with Crippen molar-refractivity contribution >= 4 is 28.8 Å². The quantitative estimate of drug-likeness (QED) is 0.695. The number of aromatic nitrogens is 3. The zero-order valence-corrected chi connectivity index (χ0v) is 16.1. The average Bonchev–Trinajstić information content (AvgIpc) is 3.18. The predicted molar refractivity (Wildman–Crippen MR) is 107 cm³/mol. The van der Waals surface area contributed by atoms with Crippen LogP contribution in [0.2, 0.25) is 5.02 Å². The van der Waals surface area contributed by atoms with Crippen molar-refractivity contribution in [2.24, 2.45) is 11.8 Å². The van der Waals surface area contributed by atoms with Gasteiger partial charge in [0.05, 0.1) is 6.20 Å². The molecule has 27 heavy (non-hydrogen) atoms. The van der Waals surface area contributed by atoms with Crippen molar-refractivity contribution in [2.75, 3.05) is 5.32 Å². The number of hydrogen-bond acceptors (Lipinski definition) is 3. The molecule has 1 saturated carbocycles. The van der Waals surface area contributed by atoms with Crippen molar-refractivity contribution in [1.82, 2.24) is 14.6 Å². The second kappa shape index (κ2) is 7.69. The minimum Gasteiger partial charge on any atom is -0.326 e. The van der Waals surface area contributed by atoms with E-state index >= 15 is 0 Å². The van der Waals surface area contributed by atoms with E-state index in [4.69, 9.17) is 11.6 Å². The molecule has 1 aliphatic rings. The second-order valence-corrected chi connectivity index (χ2v) is 7.80. The predicted octanol–water partition coefficient (Wildman–Crippen LogP) is 4.93. The number of fused-ring (bicyclic) bond motifs is 1. The number of amides is 1. The number of carbonyl (C=O) groups excluding carboxylic acids is 1. The highest BCUT2D eigenvalue weighted by Gasteiger charge is 2.30. The highest BCUT2D eigenvalue weighted by molar-refractivity contribution is 6.30. The highest BCUT2D eigenvalue weighted by atomic mass is 35.5. The molecule has 1 unspecified atom stereocenters. The number of benzene rings is 1. The van der Waals surface area contributed by atoms with Crippen LogP contribution in [-0.4, -0.2) is 20.5 Å². The zero-order valence-electron chi connectivity index (χ0n) is 15.3. The third-order valence-electron chi connectivity index (χ3n) is 5.74. The Labute approximate surface area is 163 Å². The molecule has 3 aromatic rings. The molecule has 2 heterocycles. The minimum atomic E-state index is -0.0104. The normalized spacial score (nSPS) is 21.1. The summed E-state index contributed by atoms with van der Waals surface area (Å²) < 4.78 is 1.95. The molecule has 140 valence electrons. The van der Waals surface area contributed by atoms with E-state index in [0.717, 1.165) is 37.0 Å². The fourth-order valence-corrected chi connectivity index (χ4v) is 4.21. The van der Waals surface area contributed by atoms with Crippen LogP contribution in [0.1, 0.15) is 44.2 Å². The third-order valence-corrected chi connectivity index (χ3v) is 5.99. The van der Waals surface area contributed by atoms with Gasteiger partial charge in [0.25, 0.3) is 0 Å². The molecule has 0 bridgehead atoms. The Balaban J connectivity index is 1.37. The van der Waals surface area contributed by atoms with Gasteiger partial charge >= 0.3 is 0 Å². The molecule has 1 N–H and O–H groups in total. The molecule has 1 fully saturated rings. The first kappa shape index (κ1) is 18.0. The minimum absolute atomic E-state index is 0.0104. The molecule has 0 spiro atoms. The van der Waals surface area contributed by atoms with Gasteiger partial charge in [-0.25, -0.2) is 9.50 Å². The number of rotatable bonds is 4. The summed E-state index contributed by atoms with van der Waals surface area (Å²) in [6, 6.07) is 11.3. The molecular weight excluding hydrogens is 360 g/mol. The number of nitrogens with one attached hydrogen (secondary N) is 1. The third kappa shape index (κ3) is 3.83. The maximum Gasteiger partial charge on any atom is 0.227 e. The van der Waals surface area contributed by atoms with Gasteiger partial charge in [0.2, 0.25) is 5.91 Å². The van der Waals surface area contributed by atoms with Crippen LogP contribution in [0.4, 0.5) is 5.69 Å². The molecule has 1 atom stereocenters. The van der Waals surface area contributed by atoms with Gasteiger partial charge in [-0.15, -0.1) is 0 Å². The summed E-state index contributed by atoms with van der Waals surface area (Å²) in [5.74, 6) is 0.949. The van der Waals surface area contributed by atoms with E-state index in [2.05, 4.69) is 21.5 Å². The van der Waals surface area contributed by atoms with Crippen molar-refractivity contribution in [3.8, 4) is 0 Å². The van der Waals surface area contributed by atoms with Gasteiger partial charge in [-0.05, 0) is 61.9 Å². The van der Waals surface area contributed by atoms with Gasteiger partial charge in [0, 0.05) is 40.5 Å². The summed E-state index contributed by atoms with van der Waals surface area (Å²) in [6.07, 6.45) is 7.89. The van der Waals surface area contributed by atoms with Crippen LogP contribution in [0.15, 0.2) is 48.8 Å². The molecule has 0 saturated heterocycles. The lowest BCUT2D eigenvalue weighted by atomic mass is 9.75. The average molecular weight is 383 g/mol. The number of hydrogen-bond donors (Lipinski definition) is 1. The van der Waals surface area contributed by atoms with Gasteiger partial charge in [0.15, 0.2) is 5.65 Å². The Hall–Kier alpha value is -2.40. The molecule has 6 heteroatoms. The lowest BCUT2D eigenvalue weighted by molar-refractivity contribution is -0.121. The van der Waals surface area contributed by atoms with E-state index < -0.39 is 0 Å². The Bertz CT molecular complexity index is 929. The van der Waals surface area contributed by atoms with Crippen molar-refractivity contribution in [3.05, 3.63) is 59.5 Å². The Morgan fingerprint density at radius 2 is 1.85 bits per heavy atom. The van der Waals surface area contributed by atoms with E-state index in [0.29, 0.717) is 16.9 Å². The van der Waals surface area contributed by atoms with Gasteiger partial charge in [-0.2, -0.15) is 5.10 Å². The highest BCUT2D eigenvalue weighted by Crippen LogP contribution is 2.38. The number of carbonyl (C=O) groups is 1. The lowest BCUT2D eigenvalue weighted by Gasteiger charge is -2.32. The summed E-state index contributed by atoms with van der Waals surface area (Å²) in [5.41, 5.74) is 2.91. The maximum atomic E-state index is 12.6. The first-order valence-corrected chi connectivity index (χ1v) is 9.84. The first-order valence-electron chi connectivity index (χ1n) is 9.47. The van der Waals surface area contributed by atoms with Crippen molar-refractivity contribution in [2.45, 2.75) is 38.5 Å². The Morgan fingerprint density at radius 1 is 1.11 bits per heavy atom. The van der Waals surface area contributed by atoms with Crippen LogP contribution in [0.5, 0.6) is 0 Å². The SMILES string of the molecule is CC(C(=O)Nc1ccc(Cl)cc1)C1CCC(c2ccnc3ccnn23)CC1. The summed E-state index contributed by atoms with van der Waals surface area (Å²) in [6.45, 7) is 2.04. The largest absolute Gasteiger partial charge is 0.326 e.